The van der Waals surface area contributed by atoms with E-state index in [4.69, 9.17) is 5.14 Å². The number of rotatable bonds is 4. The number of nitrogens with one attached hydrogen (secondary N) is 2. The molecule has 0 radical (unpaired) electrons. The summed E-state index contributed by atoms with van der Waals surface area (Å²) in [5, 5.41) is 11.2. The number of benzene rings is 1. The Morgan fingerprint density at radius 1 is 1.25 bits per heavy atom. The molecular formula is C12H13N3O3S2. The van der Waals surface area contributed by atoms with Crippen LogP contribution in [0.3, 0.4) is 0 Å². The molecular weight excluding hydrogens is 298 g/mol. The standard InChI is InChI=1S/C12H13N3O3S2/c1-8-6-19-7-11(8)12(16)14-9-3-2-4-10(5-9)15-20(13,17)18/h2-7,15H,1H3,(H,14,16)(H2,13,17,18). The molecule has 6 nitrogen and oxygen atoms in total. The maximum absolute atomic E-state index is 12.0. The fourth-order valence-electron chi connectivity index (χ4n) is 1.62. The Hall–Kier alpha value is -1.90. The Balaban J connectivity index is 2.16. The molecule has 0 fully saturated rings. The monoisotopic (exact) mass is 311 g/mol. The van der Waals surface area contributed by atoms with Crippen molar-refractivity contribution in [3.8, 4) is 0 Å². The molecule has 1 amide bonds. The number of aryl methyl sites for hydroxylation is 1. The third-order valence-electron chi connectivity index (χ3n) is 2.48. The highest BCUT2D eigenvalue weighted by Gasteiger charge is 2.10. The fraction of sp³-hybridized carbons (Fsp3) is 0.0833. The molecule has 1 heterocycles. The summed E-state index contributed by atoms with van der Waals surface area (Å²) in [6, 6.07) is 6.30. The zero-order valence-corrected chi connectivity index (χ0v) is 12.2. The second-order valence-electron chi connectivity index (χ2n) is 4.15. The van der Waals surface area contributed by atoms with E-state index in [2.05, 4.69) is 10.0 Å². The molecule has 0 aliphatic heterocycles. The van der Waals surface area contributed by atoms with Crippen molar-refractivity contribution in [2.24, 2.45) is 5.14 Å². The molecule has 0 atom stereocenters. The molecule has 0 aliphatic rings. The quantitative estimate of drug-likeness (QED) is 0.804. The topological polar surface area (TPSA) is 101 Å². The van der Waals surface area contributed by atoms with Crippen LogP contribution in [0, 0.1) is 6.92 Å². The summed E-state index contributed by atoms with van der Waals surface area (Å²) >= 11 is 1.45. The number of hydrogen-bond donors (Lipinski definition) is 3. The molecule has 0 aliphatic carbocycles. The van der Waals surface area contributed by atoms with E-state index in [1.54, 1.807) is 17.5 Å². The van der Waals surface area contributed by atoms with E-state index in [-0.39, 0.29) is 11.6 Å². The van der Waals surface area contributed by atoms with Crippen molar-refractivity contribution in [2.75, 3.05) is 10.0 Å². The summed E-state index contributed by atoms with van der Waals surface area (Å²) in [6.07, 6.45) is 0. The van der Waals surface area contributed by atoms with Crippen LogP contribution in [0.25, 0.3) is 0 Å². The molecule has 106 valence electrons. The third kappa shape index (κ3) is 3.80. The molecule has 0 bridgehead atoms. The number of hydrogen-bond acceptors (Lipinski definition) is 4. The molecule has 0 spiro atoms. The van der Waals surface area contributed by atoms with Crippen molar-refractivity contribution >= 4 is 38.8 Å². The van der Waals surface area contributed by atoms with E-state index in [1.807, 2.05) is 12.3 Å². The van der Waals surface area contributed by atoms with Crippen molar-refractivity contribution in [1.82, 2.24) is 0 Å². The van der Waals surface area contributed by atoms with Crippen LogP contribution in [0.5, 0.6) is 0 Å². The third-order valence-corrected chi connectivity index (χ3v) is 3.86. The average Bonchev–Trinajstić information content (AvgIpc) is 2.73. The molecule has 20 heavy (non-hydrogen) atoms. The first kappa shape index (κ1) is 14.5. The summed E-state index contributed by atoms with van der Waals surface area (Å²) < 4.78 is 24.0. The van der Waals surface area contributed by atoms with Gasteiger partial charge in [-0.2, -0.15) is 19.8 Å². The Kier molecular flexibility index (Phi) is 4.07. The van der Waals surface area contributed by atoms with Gasteiger partial charge in [-0.3, -0.25) is 9.52 Å². The number of carbonyl (C=O) groups is 1. The first-order chi connectivity index (χ1) is 9.35. The minimum absolute atomic E-state index is 0.239. The first-order valence-electron chi connectivity index (χ1n) is 5.60. The SMILES string of the molecule is Cc1cscc1C(=O)Nc1cccc(NS(N)(=O)=O)c1. The number of nitrogens with two attached hydrogens (primary N) is 1. The maximum atomic E-state index is 12.0. The molecule has 2 aromatic rings. The highest BCUT2D eigenvalue weighted by molar-refractivity contribution is 7.90. The predicted molar refractivity (Wildman–Crippen MR) is 80.2 cm³/mol. The lowest BCUT2D eigenvalue weighted by Crippen LogP contribution is -2.21. The first-order valence-corrected chi connectivity index (χ1v) is 8.09. The molecule has 0 saturated carbocycles. The van der Waals surface area contributed by atoms with Gasteiger partial charge in [0.15, 0.2) is 0 Å². The molecule has 0 saturated heterocycles. The van der Waals surface area contributed by atoms with Gasteiger partial charge in [0, 0.05) is 11.1 Å². The lowest BCUT2D eigenvalue weighted by molar-refractivity contribution is 0.102. The van der Waals surface area contributed by atoms with Crippen LogP contribution < -0.4 is 15.2 Å². The van der Waals surface area contributed by atoms with Gasteiger partial charge >= 0.3 is 0 Å². The minimum Gasteiger partial charge on any atom is -0.322 e. The zero-order valence-electron chi connectivity index (χ0n) is 10.6. The Bertz CT molecular complexity index is 738. The van der Waals surface area contributed by atoms with Crippen LogP contribution in [0.1, 0.15) is 15.9 Å². The van der Waals surface area contributed by atoms with Crippen molar-refractivity contribution in [3.05, 3.63) is 46.2 Å². The predicted octanol–water partition coefficient (Wildman–Crippen LogP) is 1.92. The smallest absolute Gasteiger partial charge is 0.296 e. The lowest BCUT2D eigenvalue weighted by atomic mass is 10.2. The van der Waals surface area contributed by atoms with E-state index < -0.39 is 10.2 Å². The zero-order chi connectivity index (χ0) is 14.8. The summed E-state index contributed by atoms with van der Waals surface area (Å²) in [6.45, 7) is 1.85. The number of carbonyl (C=O) groups excluding carboxylic acids is 1. The number of anilines is 2. The van der Waals surface area contributed by atoms with E-state index in [0.29, 0.717) is 11.3 Å². The second kappa shape index (κ2) is 5.61. The largest absolute Gasteiger partial charge is 0.322 e. The number of amides is 1. The van der Waals surface area contributed by atoms with E-state index in [0.717, 1.165) is 5.56 Å². The van der Waals surface area contributed by atoms with Crippen LogP contribution >= 0.6 is 11.3 Å². The van der Waals surface area contributed by atoms with Gasteiger partial charge in [-0.25, -0.2) is 5.14 Å². The van der Waals surface area contributed by atoms with Gasteiger partial charge in [0.25, 0.3) is 16.1 Å². The summed E-state index contributed by atoms with van der Waals surface area (Å²) in [7, 11) is -3.83. The van der Waals surface area contributed by atoms with Crippen LogP contribution in [0.15, 0.2) is 35.0 Å². The molecule has 0 unspecified atom stereocenters. The van der Waals surface area contributed by atoms with Crippen LogP contribution in [0.2, 0.25) is 0 Å². The van der Waals surface area contributed by atoms with Gasteiger partial charge in [0.2, 0.25) is 0 Å². The second-order valence-corrected chi connectivity index (χ2v) is 6.19. The van der Waals surface area contributed by atoms with Crippen molar-refractivity contribution in [3.63, 3.8) is 0 Å². The maximum Gasteiger partial charge on any atom is 0.296 e. The summed E-state index contributed by atoms with van der Waals surface area (Å²) in [5.74, 6) is -0.239. The highest BCUT2D eigenvalue weighted by Crippen LogP contribution is 2.19. The van der Waals surface area contributed by atoms with Crippen LogP contribution in [0.4, 0.5) is 11.4 Å². The van der Waals surface area contributed by atoms with Gasteiger partial charge in [-0.1, -0.05) is 6.07 Å². The Labute approximate surface area is 120 Å². The molecule has 4 N–H and O–H groups in total. The van der Waals surface area contributed by atoms with Crippen LogP contribution in [-0.2, 0) is 10.2 Å². The molecule has 8 heteroatoms. The summed E-state index contributed by atoms with van der Waals surface area (Å²) in [4.78, 5) is 12.0. The van der Waals surface area contributed by atoms with Gasteiger partial charge < -0.3 is 5.32 Å². The number of thiophene rings is 1. The molecule has 2 rings (SSSR count). The summed E-state index contributed by atoms with van der Waals surface area (Å²) in [5.41, 5.74) is 2.26. The van der Waals surface area contributed by atoms with Crippen LogP contribution in [-0.4, -0.2) is 14.3 Å². The normalized spacial score (nSPS) is 11.1. The Morgan fingerprint density at radius 3 is 2.55 bits per heavy atom. The molecule has 1 aromatic heterocycles. The van der Waals surface area contributed by atoms with Crippen molar-refractivity contribution in [2.45, 2.75) is 6.92 Å². The van der Waals surface area contributed by atoms with Gasteiger partial charge in [0.05, 0.1) is 11.3 Å². The van der Waals surface area contributed by atoms with Gasteiger partial charge in [-0.05, 0) is 36.1 Å². The minimum atomic E-state index is -3.83. The fourth-order valence-corrected chi connectivity index (χ4v) is 2.90. The van der Waals surface area contributed by atoms with E-state index in [1.165, 1.54) is 23.5 Å². The Morgan fingerprint density at radius 2 is 1.95 bits per heavy atom. The average molecular weight is 311 g/mol. The highest BCUT2D eigenvalue weighted by atomic mass is 32.2. The van der Waals surface area contributed by atoms with Crippen molar-refractivity contribution in [1.29, 1.82) is 0 Å². The lowest BCUT2D eigenvalue weighted by Gasteiger charge is -2.08. The van der Waals surface area contributed by atoms with E-state index in [9.17, 15) is 13.2 Å². The van der Waals surface area contributed by atoms with E-state index >= 15 is 0 Å². The molecule has 1 aromatic carbocycles. The van der Waals surface area contributed by atoms with Gasteiger partial charge in [-0.15, -0.1) is 0 Å². The van der Waals surface area contributed by atoms with Crippen molar-refractivity contribution < 1.29 is 13.2 Å². The van der Waals surface area contributed by atoms with Gasteiger partial charge in [0.1, 0.15) is 0 Å².